The lowest BCUT2D eigenvalue weighted by atomic mass is 10.2. The van der Waals surface area contributed by atoms with Crippen LogP contribution in [0.2, 0.25) is 12.1 Å². The third kappa shape index (κ3) is 3.97. The van der Waals surface area contributed by atoms with Crippen LogP contribution < -0.4 is 5.19 Å². The van der Waals surface area contributed by atoms with Gasteiger partial charge in [0.1, 0.15) is 0 Å². The summed E-state index contributed by atoms with van der Waals surface area (Å²) in [6.45, 7) is 4.85. The van der Waals surface area contributed by atoms with Crippen molar-refractivity contribution in [1.82, 2.24) is 13.4 Å². The zero-order valence-corrected chi connectivity index (χ0v) is 29.3. The summed E-state index contributed by atoms with van der Waals surface area (Å²) in [6, 6.07) is 63.2. The van der Waals surface area contributed by atoms with Crippen molar-refractivity contribution in [2.75, 3.05) is 0 Å². The Kier molecular flexibility index (Phi) is 6.46. The first-order valence-corrected chi connectivity index (χ1v) is 20.2. The SMILES string of the molecule is CC[Si](CC)(c1cc(-n2c3ccccc3c3ccccc32)cc(-n2c3ccccc3c3ccccc32)c1)n1c2ccccc2c2ccccc21. The highest BCUT2D eigenvalue weighted by molar-refractivity contribution is 6.91. The molecule has 0 fully saturated rings. The van der Waals surface area contributed by atoms with Crippen molar-refractivity contribution in [1.29, 1.82) is 0 Å². The molecule has 7 aromatic carbocycles. The Bertz CT molecular complexity index is 2620. The highest BCUT2D eigenvalue weighted by Gasteiger charge is 2.38. The minimum atomic E-state index is -2.44. The molecule has 3 nitrogen and oxygen atoms in total. The maximum Gasteiger partial charge on any atom is 0.193 e. The number of aromatic nitrogens is 3. The Morgan fingerprint density at radius 1 is 0.360 bits per heavy atom. The molecule has 3 aromatic heterocycles. The van der Waals surface area contributed by atoms with Crippen molar-refractivity contribution >= 4 is 78.8 Å². The monoisotopic (exact) mass is 659 g/mol. The zero-order chi connectivity index (χ0) is 33.4. The molecule has 0 aliphatic heterocycles. The van der Waals surface area contributed by atoms with Gasteiger partial charge in [-0.15, -0.1) is 0 Å². The van der Waals surface area contributed by atoms with E-state index in [9.17, 15) is 0 Å². The van der Waals surface area contributed by atoms with Gasteiger partial charge in [0.15, 0.2) is 8.24 Å². The number of nitrogens with zero attached hydrogens (tertiary/aromatic N) is 3. The van der Waals surface area contributed by atoms with Crippen molar-refractivity contribution in [3.8, 4) is 11.4 Å². The first-order valence-electron chi connectivity index (χ1n) is 17.8. The maximum absolute atomic E-state index is 2.79. The molecule has 240 valence electrons. The van der Waals surface area contributed by atoms with Crippen LogP contribution in [0.5, 0.6) is 0 Å². The molecular formula is C46H37N3Si. The number of fused-ring (bicyclic) bond motifs is 9. The largest absolute Gasteiger partial charge is 0.363 e. The van der Waals surface area contributed by atoms with E-state index in [1.54, 1.807) is 0 Å². The van der Waals surface area contributed by atoms with Crippen molar-refractivity contribution in [2.45, 2.75) is 25.9 Å². The van der Waals surface area contributed by atoms with E-state index in [0.717, 1.165) is 12.1 Å². The van der Waals surface area contributed by atoms with Gasteiger partial charge in [0, 0.05) is 54.7 Å². The normalized spacial score (nSPS) is 12.4. The Morgan fingerprint density at radius 2 is 0.640 bits per heavy atom. The Balaban J connectivity index is 1.37. The first kappa shape index (κ1) is 29.1. The van der Waals surface area contributed by atoms with Gasteiger partial charge >= 0.3 is 0 Å². The molecule has 0 atom stereocenters. The van der Waals surface area contributed by atoms with E-state index in [4.69, 9.17) is 0 Å². The molecule has 0 aliphatic carbocycles. The number of hydrogen-bond donors (Lipinski definition) is 0. The van der Waals surface area contributed by atoms with E-state index in [-0.39, 0.29) is 0 Å². The Morgan fingerprint density at radius 3 is 0.960 bits per heavy atom. The van der Waals surface area contributed by atoms with Gasteiger partial charge in [0.05, 0.1) is 22.1 Å². The number of rotatable bonds is 6. The molecular weight excluding hydrogens is 623 g/mol. The second kappa shape index (κ2) is 11.1. The molecule has 0 radical (unpaired) electrons. The molecule has 4 heteroatoms. The summed E-state index contributed by atoms with van der Waals surface area (Å²) in [5.41, 5.74) is 10.0. The van der Waals surface area contributed by atoms with Crippen molar-refractivity contribution in [2.24, 2.45) is 0 Å². The minimum absolute atomic E-state index is 1.08. The zero-order valence-electron chi connectivity index (χ0n) is 28.3. The molecule has 0 N–H and O–H groups in total. The summed E-state index contributed by atoms with van der Waals surface area (Å²) in [7, 11) is -2.44. The standard InChI is InChI=1S/C46H37N3Si/c1-3-50(4-2,49-45-27-15-9-21-39(45)40-22-10-16-28-46(40)49)34-30-32(47-41-23-11-5-17-35(41)36-18-6-12-24-42(36)47)29-33(31-34)48-43-25-13-7-19-37(43)38-20-8-14-26-44(38)48/h5-31H,3-4H2,1-2H3. The summed E-state index contributed by atoms with van der Waals surface area (Å²) in [4.78, 5) is 0. The molecule has 0 saturated heterocycles. The quantitative estimate of drug-likeness (QED) is 0.158. The molecule has 0 amide bonds. The van der Waals surface area contributed by atoms with Crippen LogP contribution in [0.15, 0.2) is 164 Å². The Labute approximate surface area is 292 Å². The second-order valence-corrected chi connectivity index (χ2v) is 18.1. The highest BCUT2D eigenvalue weighted by Crippen LogP contribution is 2.38. The lowest BCUT2D eigenvalue weighted by molar-refractivity contribution is 1.11. The first-order chi connectivity index (χ1) is 24.7. The van der Waals surface area contributed by atoms with Crippen LogP contribution in [0, 0.1) is 0 Å². The third-order valence-electron chi connectivity index (χ3n) is 11.3. The summed E-state index contributed by atoms with van der Waals surface area (Å²) in [5.74, 6) is 0. The fraction of sp³-hybridized carbons (Fsp3) is 0.0870. The summed E-state index contributed by atoms with van der Waals surface area (Å²) < 4.78 is 7.79. The molecule has 3 heterocycles. The van der Waals surface area contributed by atoms with Gasteiger partial charge in [-0.05, 0) is 71.9 Å². The van der Waals surface area contributed by atoms with E-state index in [0.29, 0.717) is 0 Å². The van der Waals surface area contributed by atoms with E-state index in [1.165, 1.54) is 82.0 Å². The van der Waals surface area contributed by atoms with Crippen LogP contribution in [-0.4, -0.2) is 21.6 Å². The fourth-order valence-corrected chi connectivity index (χ4v) is 13.4. The van der Waals surface area contributed by atoms with E-state index in [2.05, 4.69) is 191 Å². The number of para-hydroxylation sites is 6. The van der Waals surface area contributed by atoms with Gasteiger partial charge < -0.3 is 13.4 Å². The fourth-order valence-electron chi connectivity index (χ4n) is 9.01. The van der Waals surface area contributed by atoms with Crippen molar-refractivity contribution in [3.63, 3.8) is 0 Å². The molecule has 0 bridgehead atoms. The van der Waals surface area contributed by atoms with Crippen LogP contribution in [-0.2, 0) is 0 Å². The van der Waals surface area contributed by atoms with E-state index in [1.807, 2.05) is 0 Å². The Hall–Kier alpha value is -5.84. The van der Waals surface area contributed by atoms with Crippen LogP contribution in [0.1, 0.15) is 13.8 Å². The lowest BCUT2D eigenvalue weighted by Crippen LogP contribution is -2.54. The number of hydrogen-bond acceptors (Lipinski definition) is 0. The molecule has 0 saturated carbocycles. The highest BCUT2D eigenvalue weighted by atomic mass is 28.3. The minimum Gasteiger partial charge on any atom is -0.363 e. The van der Waals surface area contributed by atoms with Crippen LogP contribution in [0.4, 0.5) is 0 Å². The van der Waals surface area contributed by atoms with Gasteiger partial charge in [-0.2, -0.15) is 0 Å². The molecule has 10 rings (SSSR count). The van der Waals surface area contributed by atoms with Crippen LogP contribution in [0.25, 0.3) is 76.8 Å². The van der Waals surface area contributed by atoms with Crippen LogP contribution >= 0.6 is 0 Å². The summed E-state index contributed by atoms with van der Waals surface area (Å²) in [6.07, 6.45) is 0. The topological polar surface area (TPSA) is 14.8 Å². The molecule has 0 aliphatic rings. The average molecular weight is 660 g/mol. The summed E-state index contributed by atoms with van der Waals surface area (Å²) in [5, 5.41) is 9.25. The smallest absolute Gasteiger partial charge is 0.193 e. The van der Waals surface area contributed by atoms with Gasteiger partial charge in [-0.3, -0.25) is 0 Å². The van der Waals surface area contributed by atoms with E-state index >= 15 is 0 Å². The predicted molar refractivity (Wildman–Crippen MR) is 216 cm³/mol. The molecule has 10 aromatic rings. The van der Waals surface area contributed by atoms with E-state index < -0.39 is 8.24 Å². The molecule has 0 unspecified atom stereocenters. The maximum atomic E-state index is 2.79. The second-order valence-electron chi connectivity index (χ2n) is 13.6. The van der Waals surface area contributed by atoms with Crippen molar-refractivity contribution < 1.29 is 0 Å². The van der Waals surface area contributed by atoms with Gasteiger partial charge in [-0.25, -0.2) is 0 Å². The molecule has 50 heavy (non-hydrogen) atoms. The van der Waals surface area contributed by atoms with Gasteiger partial charge in [0.2, 0.25) is 0 Å². The summed E-state index contributed by atoms with van der Waals surface area (Å²) >= 11 is 0. The average Bonchev–Trinajstić information content (AvgIpc) is 3.82. The predicted octanol–water partition coefficient (Wildman–Crippen LogP) is 11.7. The van der Waals surface area contributed by atoms with Gasteiger partial charge in [0.25, 0.3) is 0 Å². The lowest BCUT2D eigenvalue weighted by Gasteiger charge is -2.34. The van der Waals surface area contributed by atoms with Gasteiger partial charge in [-0.1, -0.05) is 123 Å². The van der Waals surface area contributed by atoms with Crippen LogP contribution in [0.3, 0.4) is 0 Å². The van der Waals surface area contributed by atoms with Crippen molar-refractivity contribution in [3.05, 3.63) is 164 Å². The molecule has 0 spiro atoms. The third-order valence-corrected chi connectivity index (χ3v) is 16.3. The number of benzene rings is 7.